The largest absolute Gasteiger partial charge is 0.493 e. The van der Waals surface area contributed by atoms with Gasteiger partial charge in [-0.2, -0.15) is 0 Å². The smallest absolute Gasteiger partial charge is 0.175 e. The molecule has 5 heteroatoms. The predicted octanol–water partition coefficient (Wildman–Crippen LogP) is 3.07. The Labute approximate surface area is 131 Å². The zero-order valence-electron chi connectivity index (χ0n) is 12.6. The molecule has 1 aliphatic rings. The number of hydrogen-bond donors (Lipinski definition) is 1. The average Bonchev–Trinajstić information content (AvgIpc) is 2.91. The van der Waals surface area contributed by atoms with Crippen LogP contribution in [0.15, 0.2) is 53.4 Å². The molecule has 0 aliphatic carbocycles. The van der Waals surface area contributed by atoms with Crippen LogP contribution in [0.3, 0.4) is 0 Å². The van der Waals surface area contributed by atoms with Crippen LogP contribution in [0, 0.1) is 0 Å². The molecule has 3 rings (SSSR count). The third-order valence-corrected chi connectivity index (χ3v) is 5.15. The lowest BCUT2D eigenvalue weighted by atomic mass is 9.94. The summed E-state index contributed by atoms with van der Waals surface area (Å²) in [6, 6.07) is 15.1. The number of benzene rings is 2. The van der Waals surface area contributed by atoms with Gasteiger partial charge in [-0.1, -0.05) is 18.2 Å². The van der Waals surface area contributed by atoms with E-state index >= 15 is 0 Å². The Morgan fingerprint density at radius 2 is 1.82 bits per heavy atom. The van der Waals surface area contributed by atoms with Gasteiger partial charge in [0.15, 0.2) is 9.84 Å². The Hall–Kier alpha value is -2.01. The van der Waals surface area contributed by atoms with Crippen molar-refractivity contribution in [2.24, 2.45) is 0 Å². The minimum absolute atomic E-state index is 0.188. The summed E-state index contributed by atoms with van der Waals surface area (Å²) in [6.45, 7) is 2.77. The summed E-state index contributed by atoms with van der Waals surface area (Å²) < 4.78 is 28.7. The van der Waals surface area contributed by atoms with E-state index in [4.69, 9.17) is 4.74 Å². The molecule has 1 aliphatic heterocycles. The first-order valence-electron chi connectivity index (χ1n) is 7.23. The van der Waals surface area contributed by atoms with E-state index in [2.05, 4.69) is 18.3 Å². The summed E-state index contributed by atoms with van der Waals surface area (Å²) in [5, 5.41) is 3.43. The number of nitrogens with one attached hydrogen (secondary N) is 1. The molecule has 2 atom stereocenters. The van der Waals surface area contributed by atoms with Crippen molar-refractivity contribution in [2.45, 2.75) is 23.8 Å². The second kappa shape index (κ2) is 5.65. The molecule has 0 amide bonds. The van der Waals surface area contributed by atoms with Gasteiger partial charge in [0, 0.05) is 29.5 Å². The van der Waals surface area contributed by atoms with Crippen LogP contribution in [-0.2, 0) is 9.84 Å². The molecule has 4 nitrogen and oxygen atoms in total. The lowest BCUT2D eigenvalue weighted by Crippen LogP contribution is -2.25. The minimum Gasteiger partial charge on any atom is -0.493 e. The van der Waals surface area contributed by atoms with Gasteiger partial charge in [0.05, 0.1) is 11.5 Å². The number of anilines is 1. The van der Waals surface area contributed by atoms with Gasteiger partial charge in [0.2, 0.25) is 0 Å². The Bertz CT molecular complexity index is 769. The average molecular weight is 317 g/mol. The van der Waals surface area contributed by atoms with Crippen molar-refractivity contribution in [3.8, 4) is 5.75 Å². The van der Waals surface area contributed by atoms with E-state index in [1.165, 1.54) is 11.8 Å². The van der Waals surface area contributed by atoms with Crippen LogP contribution in [-0.4, -0.2) is 27.3 Å². The molecule has 0 aromatic heterocycles. The van der Waals surface area contributed by atoms with E-state index in [1.807, 2.05) is 18.2 Å². The van der Waals surface area contributed by atoms with Crippen molar-refractivity contribution in [1.82, 2.24) is 0 Å². The van der Waals surface area contributed by atoms with Crippen molar-refractivity contribution in [1.29, 1.82) is 0 Å². The van der Waals surface area contributed by atoms with Crippen LogP contribution in [0.1, 0.15) is 18.4 Å². The quantitative estimate of drug-likeness (QED) is 0.941. The zero-order chi connectivity index (χ0) is 15.7. The Kier molecular flexibility index (Phi) is 3.83. The Morgan fingerprint density at radius 3 is 2.50 bits per heavy atom. The highest BCUT2D eigenvalue weighted by Crippen LogP contribution is 2.36. The lowest BCUT2D eigenvalue weighted by molar-refractivity contribution is 0.322. The Morgan fingerprint density at radius 1 is 1.14 bits per heavy atom. The summed E-state index contributed by atoms with van der Waals surface area (Å²) in [5.74, 6) is 1.24. The fraction of sp³-hybridized carbons (Fsp3) is 0.294. The highest BCUT2D eigenvalue weighted by atomic mass is 32.2. The molecular weight excluding hydrogens is 298 g/mol. The van der Waals surface area contributed by atoms with Crippen LogP contribution < -0.4 is 10.1 Å². The molecular formula is C17H19NO3S. The second-order valence-corrected chi connectivity index (χ2v) is 7.70. The maximum Gasteiger partial charge on any atom is 0.175 e. The fourth-order valence-corrected chi connectivity index (χ4v) is 3.39. The topological polar surface area (TPSA) is 55.4 Å². The molecule has 0 fully saturated rings. The predicted molar refractivity (Wildman–Crippen MR) is 87.3 cm³/mol. The van der Waals surface area contributed by atoms with Gasteiger partial charge in [0.25, 0.3) is 0 Å². The van der Waals surface area contributed by atoms with Crippen molar-refractivity contribution < 1.29 is 13.2 Å². The summed E-state index contributed by atoms with van der Waals surface area (Å²) >= 11 is 0. The summed E-state index contributed by atoms with van der Waals surface area (Å²) in [6.07, 6.45) is 1.21. The lowest BCUT2D eigenvalue weighted by Gasteiger charge is -2.21. The number of rotatable bonds is 4. The summed E-state index contributed by atoms with van der Waals surface area (Å²) in [7, 11) is -3.15. The molecule has 0 bridgehead atoms. The third-order valence-electron chi connectivity index (χ3n) is 4.02. The van der Waals surface area contributed by atoms with E-state index in [9.17, 15) is 8.42 Å². The highest BCUT2D eigenvalue weighted by Gasteiger charge is 2.28. The molecule has 116 valence electrons. The number of hydrogen-bond acceptors (Lipinski definition) is 4. The van der Waals surface area contributed by atoms with E-state index in [0.29, 0.717) is 11.5 Å². The van der Waals surface area contributed by atoms with Crippen molar-refractivity contribution in [2.75, 3.05) is 18.2 Å². The number of ether oxygens (including phenoxy) is 1. The van der Waals surface area contributed by atoms with Gasteiger partial charge < -0.3 is 10.1 Å². The van der Waals surface area contributed by atoms with E-state index in [1.54, 1.807) is 24.3 Å². The molecule has 22 heavy (non-hydrogen) atoms. The first-order valence-corrected chi connectivity index (χ1v) is 9.12. The minimum atomic E-state index is -3.15. The molecule has 0 saturated heterocycles. The number of para-hydroxylation sites is 1. The first kappa shape index (κ1) is 14.9. The molecule has 2 unspecified atom stereocenters. The summed E-state index contributed by atoms with van der Waals surface area (Å²) in [5.41, 5.74) is 2.12. The van der Waals surface area contributed by atoms with Gasteiger partial charge in [0.1, 0.15) is 5.75 Å². The van der Waals surface area contributed by atoms with Gasteiger partial charge in [-0.25, -0.2) is 8.42 Å². The van der Waals surface area contributed by atoms with Gasteiger partial charge >= 0.3 is 0 Å². The molecule has 2 aromatic rings. The normalized spacial score (nSPS) is 18.4. The standard InChI is InChI=1S/C17H19NO3S/c1-12(16-11-21-17-6-4-3-5-15(16)17)18-13-7-9-14(10-8-13)22(2,19)20/h3-10,12,16,18H,11H2,1-2H3. The van der Waals surface area contributed by atoms with E-state index in [-0.39, 0.29) is 12.0 Å². The van der Waals surface area contributed by atoms with Gasteiger partial charge in [-0.05, 0) is 37.3 Å². The van der Waals surface area contributed by atoms with Crippen molar-refractivity contribution >= 4 is 15.5 Å². The highest BCUT2D eigenvalue weighted by molar-refractivity contribution is 7.90. The molecule has 1 heterocycles. The zero-order valence-corrected chi connectivity index (χ0v) is 13.4. The molecule has 0 radical (unpaired) electrons. The van der Waals surface area contributed by atoms with Crippen LogP contribution in [0.5, 0.6) is 5.75 Å². The van der Waals surface area contributed by atoms with Crippen molar-refractivity contribution in [3.05, 3.63) is 54.1 Å². The van der Waals surface area contributed by atoms with Crippen LogP contribution in [0.4, 0.5) is 5.69 Å². The molecule has 1 N–H and O–H groups in total. The monoisotopic (exact) mass is 317 g/mol. The van der Waals surface area contributed by atoms with Crippen LogP contribution >= 0.6 is 0 Å². The number of fused-ring (bicyclic) bond motifs is 1. The van der Waals surface area contributed by atoms with E-state index in [0.717, 1.165) is 11.4 Å². The van der Waals surface area contributed by atoms with Gasteiger partial charge in [-0.15, -0.1) is 0 Å². The maximum atomic E-state index is 11.5. The third kappa shape index (κ3) is 2.95. The Balaban J connectivity index is 1.74. The SMILES string of the molecule is CC(Nc1ccc(S(C)(=O)=O)cc1)C1COc2ccccc21. The van der Waals surface area contributed by atoms with E-state index < -0.39 is 9.84 Å². The van der Waals surface area contributed by atoms with Gasteiger partial charge in [-0.3, -0.25) is 0 Å². The fourth-order valence-electron chi connectivity index (χ4n) is 2.76. The number of sulfone groups is 1. The van der Waals surface area contributed by atoms with Crippen molar-refractivity contribution in [3.63, 3.8) is 0 Å². The van der Waals surface area contributed by atoms with Crippen LogP contribution in [0.2, 0.25) is 0 Å². The molecule has 0 spiro atoms. The second-order valence-electron chi connectivity index (χ2n) is 5.68. The first-order chi connectivity index (χ1) is 10.4. The molecule has 0 saturated carbocycles. The molecule has 2 aromatic carbocycles. The maximum absolute atomic E-state index is 11.5. The summed E-state index contributed by atoms with van der Waals surface area (Å²) in [4.78, 5) is 0.334. The van der Waals surface area contributed by atoms with Crippen LogP contribution in [0.25, 0.3) is 0 Å².